The SMILES string of the molecule is COc1ccc(NC(=O)N[C@@H](C(=O)Nc2ccccc2C)c2ccccc2)cc1. The van der Waals surface area contributed by atoms with Gasteiger partial charge in [0.2, 0.25) is 0 Å². The fraction of sp³-hybridized carbons (Fsp3) is 0.130. The molecule has 0 heterocycles. The summed E-state index contributed by atoms with van der Waals surface area (Å²) < 4.78 is 5.11. The van der Waals surface area contributed by atoms with Gasteiger partial charge in [-0.3, -0.25) is 4.79 Å². The van der Waals surface area contributed by atoms with Crippen LogP contribution >= 0.6 is 0 Å². The van der Waals surface area contributed by atoms with Gasteiger partial charge in [0, 0.05) is 11.4 Å². The highest BCUT2D eigenvalue weighted by Gasteiger charge is 2.23. The Morgan fingerprint density at radius 2 is 1.48 bits per heavy atom. The average Bonchev–Trinajstić information content (AvgIpc) is 2.75. The molecule has 0 bridgehead atoms. The molecule has 0 aromatic heterocycles. The first-order valence-electron chi connectivity index (χ1n) is 9.20. The summed E-state index contributed by atoms with van der Waals surface area (Å²) in [6.45, 7) is 1.91. The van der Waals surface area contributed by atoms with Crippen LogP contribution in [-0.2, 0) is 4.79 Å². The molecule has 29 heavy (non-hydrogen) atoms. The van der Waals surface area contributed by atoms with Crippen molar-refractivity contribution in [2.45, 2.75) is 13.0 Å². The summed E-state index contributed by atoms with van der Waals surface area (Å²) in [7, 11) is 1.58. The highest BCUT2D eigenvalue weighted by Crippen LogP contribution is 2.19. The number of ether oxygens (including phenoxy) is 1. The van der Waals surface area contributed by atoms with Gasteiger partial charge in [-0.1, -0.05) is 48.5 Å². The highest BCUT2D eigenvalue weighted by molar-refractivity contribution is 6.00. The molecule has 148 valence electrons. The van der Waals surface area contributed by atoms with E-state index in [9.17, 15) is 9.59 Å². The number of benzene rings is 3. The Morgan fingerprint density at radius 3 is 2.14 bits per heavy atom. The second kappa shape index (κ2) is 9.41. The molecule has 0 saturated carbocycles. The Labute approximate surface area is 169 Å². The fourth-order valence-electron chi connectivity index (χ4n) is 2.84. The smallest absolute Gasteiger partial charge is 0.320 e. The average molecular weight is 389 g/mol. The van der Waals surface area contributed by atoms with Crippen molar-refractivity contribution in [2.24, 2.45) is 0 Å². The summed E-state index contributed by atoms with van der Waals surface area (Å²) in [6, 6.07) is 22.2. The van der Waals surface area contributed by atoms with Gasteiger partial charge in [-0.05, 0) is 48.4 Å². The predicted molar refractivity (Wildman–Crippen MR) is 114 cm³/mol. The van der Waals surface area contributed by atoms with E-state index in [0.29, 0.717) is 22.7 Å². The van der Waals surface area contributed by atoms with Crippen LogP contribution in [0.15, 0.2) is 78.9 Å². The molecule has 3 aromatic carbocycles. The van der Waals surface area contributed by atoms with Crippen molar-refractivity contribution in [3.05, 3.63) is 90.0 Å². The Hall–Kier alpha value is -3.80. The van der Waals surface area contributed by atoms with Crippen molar-refractivity contribution >= 4 is 23.3 Å². The second-order valence-electron chi connectivity index (χ2n) is 6.47. The summed E-state index contributed by atoms with van der Waals surface area (Å²) in [5.74, 6) is 0.367. The Bertz CT molecular complexity index is 972. The van der Waals surface area contributed by atoms with Gasteiger partial charge in [-0.15, -0.1) is 0 Å². The molecule has 3 N–H and O–H groups in total. The fourth-order valence-corrected chi connectivity index (χ4v) is 2.84. The third kappa shape index (κ3) is 5.35. The lowest BCUT2D eigenvalue weighted by Gasteiger charge is -2.20. The molecule has 3 rings (SSSR count). The summed E-state index contributed by atoms with van der Waals surface area (Å²) in [5, 5.41) is 8.39. The monoisotopic (exact) mass is 389 g/mol. The molecular formula is C23H23N3O3. The third-order valence-electron chi connectivity index (χ3n) is 4.42. The van der Waals surface area contributed by atoms with Gasteiger partial charge in [0.25, 0.3) is 5.91 Å². The number of nitrogens with one attached hydrogen (secondary N) is 3. The Morgan fingerprint density at radius 1 is 0.828 bits per heavy atom. The standard InChI is InChI=1S/C23H23N3O3/c1-16-8-6-7-11-20(16)25-22(27)21(17-9-4-3-5-10-17)26-23(28)24-18-12-14-19(29-2)15-13-18/h3-15,21H,1-2H3,(H,25,27)(H2,24,26,28)/t21-/m1/s1. The van der Waals surface area contributed by atoms with Crippen LogP contribution in [0, 0.1) is 6.92 Å². The molecule has 6 heteroatoms. The van der Waals surface area contributed by atoms with E-state index in [2.05, 4.69) is 16.0 Å². The third-order valence-corrected chi connectivity index (χ3v) is 4.42. The molecule has 0 spiro atoms. The van der Waals surface area contributed by atoms with E-state index in [4.69, 9.17) is 4.74 Å². The first-order valence-corrected chi connectivity index (χ1v) is 9.20. The number of amides is 3. The highest BCUT2D eigenvalue weighted by atomic mass is 16.5. The van der Waals surface area contributed by atoms with E-state index in [-0.39, 0.29) is 5.91 Å². The number of rotatable bonds is 6. The van der Waals surface area contributed by atoms with Gasteiger partial charge in [0.15, 0.2) is 0 Å². The lowest BCUT2D eigenvalue weighted by atomic mass is 10.1. The number of aryl methyl sites for hydroxylation is 1. The van der Waals surface area contributed by atoms with Gasteiger partial charge in [-0.25, -0.2) is 4.79 Å². The summed E-state index contributed by atoms with van der Waals surface area (Å²) in [4.78, 5) is 25.5. The van der Waals surface area contributed by atoms with Crippen LogP contribution in [-0.4, -0.2) is 19.0 Å². The van der Waals surface area contributed by atoms with E-state index in [1.807, 2.05) is 49.4 Å². The molecule has 0 aliphatic rings. The normalized spacial score (nSPS) is 11.2. The maximum Gasteiger partial charge on any atom is 0.320 e. The maximum absolute atomic E-state index is 13.0. The van der Waals surface area contributed by atoms with Crippen LogP contribution in [0.4, 0.5) is 16.2 Å². The van der Waals surface area contributed by atoms with Gasteiger partial charge < -0.3 is 20.7 Å². The van der Waals surface area contributed by atoms with Crippen LogP contribution in [0.1, 0.15) is 17.2 Å². The van der Waals surface area contributed by atoms with Crippen molar-refractivity contribution in [1.82, 2.24) is 5.32 Å². The van der Waals surface area contributed by atoms with Crippen molar-refractivity contribution < 1.29 is 14.3 Å². The molecule has 0 unspecified atom stereocenters. The number of hydrogen-bond acceptors (Lipinski definition) is 3. The van der Waals surface area contributed by atoms with Crippen molar-refractivity contribution in [3.63, 3.8) is 0 Å². The summed E-state index contributed by atoms with van der Waals surface area (Å²) in [5.41, 5.74) is 2.92. The lowest BCUT2D eigenvalue weighted by Crippen LogP contribution is -2.39. The number of carbonyl (C=O) groups is 2. The largest absolute Gasteiger partial charge is 0.497 e. The quantitative estimate of drug-likeness (QED) is 0.580. The van der Waals surface area contributed by atoms with Gasteiger partial charge in [0.1, 0.15) is 11.8 Å². The van der Waals surface area contributed by atoms with Crippen LogP contribution in [0.3, 0.4) is 0 Å². The molecule has 1 atom stereocenters. The predicted octanol–water partition coefficient (Wildman–Crippen LogP) is 4.51. The summed E-state index contributed by atoms with van der Waals surface area (Å²) in [6.07, 6.45) is 0. The van der Waals surface area contributed by atoms with E-state index in [0.717, 1.165) is 5.56 Å². The zero-order valence-corrected chi connectivity index (χ0v) is 16.3. The number of methoxy groups -OCH3 is 1. The molecule has 6 nitrogen and oxygen atoms in total. The van der Waals surface area contributed by atoms with E-state index < -0.39 is 12.1 Å². The molecule has 0 radical (unpaired) electrons. The Balaban J connectivity index is 1.75. The van der Waals surface area contributed by atoms with Crippen LogP contribution in [0.25, 0.3) is 0 Å². The molecule has 0 saturated heterocycles. The Kier molecular flexibility index (Phi) is 6.47. The van der Waals surface area contributed by atoms with Crippen LogP contribution < -0.4 is 20.7 Å². The second-order valence-corrected chi connectivity index (χ2v) is 6.47. The number of hydrogen-bond donors (Lipinski definition) is 3. The minimum atomic E-state index is -0.853. The van der Waals surface area contributed by atoms with Crippen molar-refractivity contribution in [3.8, 4) is 5.75 Å². The lowest BCUT2D eigenvalue weighted by molar-refractivity contribution is -0.118. The van der Waals surface area contributed by atoms with E-state index in [1.165, 1.54) is 0 Å². The van der Waals surface area contributed by atoms with Crippen LogP contribution in [0.2, 0.25) is 0 Å². The number of carbonyl (C=O) groups excluding carboxylic acids is 2. The van der Waals surface area contributed by atoms with E-state index in [1.54, 1.807) is 43.5 Å². The van der Waals surface area contributed by atoms with Gasteiger partial charge >= 0.3 is 6.03 Å². The first kappa shape index (κ1) is 19.9. The molecule has 3 amide bonds. The molecular weight excluding hydrogens is 366 g/mol. The zero-order valence-electron chi connectivity index (χ0n) is 16.3. The molecule has 3 aromatic rings. The van der Waals surface area contributed by atoms with Gasteiger partial charge in [-0.2, -0.15) is 0 Å². The number of anilines is 2. The minimum absolute atomic E-state index is 0.324. The number of urea groups is 1. The van der Waals surface area contributed by atoms with Crippen LogP contribution in [0.5, 0.6) is 5.75 Å². The molecule has 0 fully saturated rings. The van der Waals surface area contributed by atoms with Gasteiger partial charge in [0.05, 0.1) is 7.11 Å². The first-order chi connectivity index (χ1) is 14.1. The number of para-hydroxylation sites is 1. The summed E-state index contributed by atoms with van der Waals surface area (Å²) >= 11 is 0. The van der Waals surface area contributed by atoms with E-state index >= 15 is 0 Å². The zero-order chi connectivity index (χ0) is 20.6. The maximum atomic E-state index is 13.0. The molecule has 0 aliphatic carbocycles. The molecule has 0 aliphatic heterocycles. The minimum Gasteiger partial charge on any atom is -0.497 e. The van der Waals surface area contributed by atoms with Crippen molar-refractivity contribution in [2.75, 3.05) is 17.7 Å². The topological polar surface area (TPSA) is 79.5 Å². The van der Waals surface area contributed by atoms with Crippen molar-refractivity contribution in [1.29, 1.82) is 0 Å².